The number of nitriles is 1. The van der Waals surface area contributed by atoms with Crippen molar-refractivity contribution in [2.75, 3.05) is 6.61 Å². The van der Waals surface area contributed by atoms with E-state index in [0.717, 1.165) is 0 Å². The highest BCUT2D eigenvalue weighted by Crippen LogP contribution is 2.34. The summed E-state index contributed by atoms with van der Waals surface area (Å²) in [6, 6.07) is 1.41. The van der Waals surface area contributed by atoms with Crippen LogP contribution in [0.25, 0.3) is 0 Å². The minimum atomic E-state index is -4.40. The summed E-state index contributed by atoms with van der Waals surface area (Å²) in [5.41, 5.74) is 0. The largest absolute Gasteiger partial charge is 0.470 e. The number of hydrogen-bond acceptors (Lipinski definition) is 5. The lowest BCUT2D eigenvalue weighted by Crippen LogP contribution is -1.86. The molecule has 0 saturated carbocycles. The molecule has 0 aliphatic carbocycles. The summed E-state index contributed by atoms with van der Waals surface area (Å²) in [4.78, 5) is 15.8. The molecule has 62 valence electrons. The van der Waals surface area contributed by atoms with Gasteiger partial charge < -0.3 is 22.1 Å². The monoisotopic (exact) mass is 171 g/mol. The molecule has 8 N–H and O–H groups in total. The number of rotatable bonds is 2. The van der Waals surface area contributed by atoms with E-state index in [1.807, 2.05) is 0 Å². The van der Waals surface area contributed by atoms with Gasteiger partial charge in [-0.25, -0.2) is 4.57 Å². The molecular weight excluding hydrogens is 161 g/mol. The van der Waals surface area contributed by atoms with Crippen molar-refractivity contribution in [2.45, 2.75) is 0 Å². The van der Waals surface area contributed by atoms with Gasteiger partial charge in [-0.1, -0.05) is 0 Å². The average Bonchev–Trinajstić information content (AvgIpc) is 1.59. The molecular formula is C2H10N3O4P. The highest BCUT2D eigenvalue weighted by molar-refractivity contribution is 7.46. The van der Waals surface area contributed by atoms with Gasteiger partial charge in [0.25, 0.3) is 0 Å². The molecule has 0 aromatic heterocycles. The number of phosphoric acid groups is 1. The topological polar surface area (TPSA) is 161 Å². The van der Waals surface area contributed by atoms with Crippen molar-refractivity contribution in [1.29, 1.82) is 5.26 Å². The molecule has 8 heteroatoms. The van der Waals surface area contributed by atoms with E-state index in [0.29, 0.717) is 0 Å². The molecule has 7 nitrogen and oxygen atoms in total. The molecule has 10 heavy (non-hydrogen) atoms. The van der Waals surface area contributed by atoms with Crippen LogP contribution in [0.1, 0.15) is 0 Å². The van der Waals surface area contributed by atoms with E-state index in [2.05, 4.69) is 4.52 Å². The van der Waals surface area contributed by atoms with Gasteiger partial charge in [0.15, 0.2) is 0 Å². The quantitative estimate of drug-likeness (QED) is 0.423. The minimum absolute atomic E-state index is 0. The van der Waals surface area contributed by atoms with Crippen LogP contribution in [0.2, 0.25) is 0 Å². The van der Waals surface area contributed by atoms with Gasteiger partial charge in [-0.15, -0.1) is 0 Å². The zero-order chi connectivity index (χ0) is 6.62. The van der Waals surface area contributed by atoms with E-state index in [1.54, 1.807) is 0 Å². The van der Waals surface area contributed by atoms with Gasteiger partial charge in [0, 0.05) is 0 Å². The van der Waals surface area contributed by atoms with Crippen LogP contribution in [-0.4, -0.2) is 16.4 Å². The first-order valence-corrected chi connectivity index (χ1v) is 3.16. The lowest BCUT2D eigenvalue weighted by Gasteiger charge is -1.96. The summed E-state index contributed by atoms with van der Waals surface area (Å²) in [5.74, 6) is 0. The third-order valence-electron chi connectivity index (χ3n) is 0.297. The van der Waals surface area contributed by atoms with Crippen molar-refractivity contribution in [1.82, 2.24) is 12.3 Å². The maximum Gasteiger partial charge on any atom is 0.470 e. The minimum Gasteiger partial charge on any atom is -0.344 e. The van der Waals surface area contributed by atoms with Crippen LogP contribution >= 0.6 is 7.82 Å². The first-order chi connectivity index (χ1) is 3.56. The van der Waals surface area contributed by atoms with Crippen LogP contribution in [0.4, 0.5) is 0 Å². The van der Waals surface area contributed by atoms with E-state index < -0.39 is 14.4 Å². The van der Waals surface area contributed by atoms with E-state index in [4.69, 9.17) is 15.0 Å². The van der Waals surface area contributed by atoms with Gasteiger partial charge in [0.05, 0.1) is 6.07 Å². The second kappa shape index (κ2) is 6.64. The Hall–Kier alpha value is -0.480. The van der Waals surface area contributed by atoms with Crippen molar-refractivity contribution in [3.8, 4) is 6.07 Å². The summed E-state index contributed by atoms with van der Waals surface area (Å²) in [6.45, 7) is -0.579. The first-order valence-electron chi connectivity index (χ1n) is 1.63. The second-order valence-electron chi connectivity index (χ2n) is 0.922. The SMILES string of the molecule is N.N.N#CCOP(=O)(O)O. The molecule has 0 spiro atoms. The summed E-state index contributed by atoms with van der Waals surface area (Å²) in [5, 5.41) is 7.71. The number of phosphoric ester groups is 1. The van der Waals surface area contributed by atoms with Crippen molar-refractivity contribution in [3.05, 3.63) is 0 Å². The van der Waals surface area contributed by atoms with Gasteiger partial charge in [-0.3, -0.25) is 4.52 Å². The Morgan fingerprint density at radius 1 is 1.50 bits per heavy atom. The lowest BCUT2D eigenvalue weighted by molar-refractivity contribution is 0.218. The van der Waals surface area contributed by atoms with E-state index in [-0.39, 0.29) is 12.3 Å². The van der Waals surface area contributed by atoms with E-state index in [9.17, 15) is 4.57 Å². The summed E-state index contributed by atoms with van der Waals surface area (Å²) >= 11 is 0. The molecule has 0 atom stereocenters. The molecule has 0 heterocycles. The van der Waals surface area contributed by atoms with Crippen LogP contribution < -0.4 is 12.3 Å². The average molecular weight is 171 g/mol. The Labute approximate surface area is 58.0 Å². The molecule has 0 rings (SSSR count). The maximum absolute atomic E-state index is 9.71. The van der Waals surface area contributed by atoms with Crippen LogP contribution in [0.15, 0.2) is 0 Å². The molecule has 0 amide bonds. The summed E-state index contributed by atoms with van der Waals surface area (Å²) in [7, 11) is -4.40. The van der Waals surface area contributed by atoms with E-state index in [1.165, 1.54) is 6.07 Å². The van der Waals surface area contributed by atoms with Gasteiger partial charge in [0.1, 0.15) is 6.61 Å². The molecule has 0 radical (unpaired) electrons. The molecule has 0 aromatic carbocycles. The normalized spacial score (nSPS) is 8.50. The predicted molar refractivity (Wildman–Crippen MR) is 33.7 cm³/mol. The van der Waals surface area contributed by atoms with Gasteiger partial charge in [-0.2, -0.15) is 5.26 Å². The van der Waals surface area contributed by atoms with E-state index >= 15 is 0 Å². The molecule has 0 unspecified atom stereocenters. The standard InChI is InChI=1S/C2H4NO4P.2H3N/c3-1-2-7-8(4,5)6;;/h2H2,(H2,4,5,6);2*1H3. The molecule has 0 aromatic rings. The number of hydrogen-bond donors (Lipinski definition) is 4. The van der Waals surface area contributed by atoms with Crippen molar-refractivity contribution < 1.29 is 18.9 Å². The highest BCUT2D eigenvalue weighted by atomic mass is 31.2. The van der Waals surface area contributed by atoms with Crippen LogP contribution in [-0.2, 0) is 9.09 Å². The Balaban J connectivity index is -0.000000245. The van der Waals surface area contributed by atoms with Crippen molar-refractivity contribution in [2.24, 2.45) is 0 Å². The van der Waals surface area contributed by atoms with Gasteiger partial charge >= 0.3 is 7.82 Å². The Bertz CT molecular complexity index is 147. The zero-order valence-electron chi connectivity index (χ0n) is 5.23. The number of nitrogens with zero attached hydrogens (tertiary/aromatic N) is 1. The smallest absolute Gasteiger partial charge is 0.344 e. The summed E-state index contributed by atoms with van der Waals surface area (Å²) < 4.78 is 13.4. The molecule has 0 aliphatic rings. The maximum atomic E-state index is 9.71. The lowest BCUT2D eigenvalue weighted by atomic mass is 10.9. The van der Waals surface area contributed by atoms with Gasteiger partial charge in [-0.05, 0) is 0 Å². The third kappa shape index (κ3) is 15.6. The molecule has 0 aliphatic heterocycles. The van der Waals surface area contributed by atoms with Crippen LogP contribution in [0, 0.1) is 11.3 Å². The molecule has 0 saturated heterocycles. The fraction of sp³-hybridized carbons (Fsp3) is 0.500. The second-order valence-corrected chi connectivity index (χ2v) is 2.16. The first kappa shape index (κ1) is 16.3. The fourth-order valence-corrected chi connectivity index (χ4v) is 0.339. The molecule has 0 fully saturated rings. The predicted octanol–water partition coefficient (Wildman–Crippen LogP) is -0.0567. The fourth-order valence-electron chi connectivity index (χ4n) is 0.113. The zero-order valence-corrected chi connectivity index (χ0v) is 6.12. The third-order valence-corrected chi connectivity index (χ3v) is 0.763. The summed E-state index contributed by atoms with van der Waals surface area (Å²) in [6.07, 6.45) is 0. The van der Waals surface area contributed by atoms with Crippen molar-refractivity contribution in [3.63, 3.8) is 0 Å². The van der Waals surface area contributed by atoms with Gasteiger partial charge in [0.2, 0.25) is 0 Å². The Morgan fingerprint density at radius 2 is 1.90 bits per heavy atom. The Kier molecular flexibility index (Phi) is 10.8. The molecule has 0 bridgehead atoms. The van der Waals surface area contributed by atoms with Crippen LogP contribution in [0.3, 0.4) is 0 Å². The van der Waals surface area contributed by atoms with Crippen molar-refractivity contribution >= 4 is 7.82 Å². The van der Waals surface area contributed by atoms with Crippen LogP contribution in [0.5, 0.6) is 0 Å². The highest BCUT2D eigenvalue weighted by Gasteiger charge is 2.11. The Morgan fingerprint density at radius 3 is 2.00 bits per heavy atom.